The van der Waals surface area contributed by atoms with Crippen LogP contribution in [0.4, 0.5) is 4.39 Å². The van der Waals surface area contributed by atoms with Gasteiger partial charge in [0.05, 0.1) is 13.2 Å². The van der Waals surface area contributed by atoms with E-state index < -0.39 is 5.60 Å². The van der Waals surface area contributed by atoms with E-state index in [1.807, 2.05) is 18.2 Å². The number of halogens is 1. The summed E-state index contributed by atoms with van der Waals surface area (Å²) < 4.78 is 19.3. The Morgan fingerprint density at radius 2 is 1.62 bits per heavy atom. The van der Waals surface area contributed by atoms with Crippen molar-refractivity contribution in [2.45, 2.75) is 43.6 Å². The SMILES string of the molecule is O[C@](c1ccc(F)cc1)(C1CCCCC1)[C@@H](CN1CCOCC1)c1ccccc1. The molecule has 3 nitrogen and oxygen atoms in total. The van der Waals surface area contributed by atoms with Crippen molar-refractivity contribution in [2.75, 3.05) is 32.8 Å². The molecular formula is C25H32FNO2. The Morgan fingerprint density at radius 1 is 0.966 bits per heavy atom. The number of rotatable bonds is 6. The van der Waals surface area contributed by atoms with Crippen LogP contribution >= 0.6 is 0 Å². The maximum absolute atomic E-state index is 13.7. The predicted molar refractivity (Wildman–Crippen MR) is 113 cm³/mol. The minimum Gasteiger partial charge on any atom is -0.384 e. The Hall–Kier alpha value is -1.75. The van der Waals surface area contributed by atoms with Gasteiger partial charge in [-0.3, -0.25) is 4.90 Å². The summed E-state index contributed by atoms with van der Waals surface area (Å²) in [7, 11) is 0. The fourth-order valence-electron chi connectivity index (χ4n) is 5.21. The van der Waals surface area contributed by atoms with Crippen LogP contribution in [0.1, 0.15) is 49.1 Å². The quantitative estimate of drug-likeness (QED) is 0.766. The molecule has 156 valence electrons. The smallest absolute Gasteiger partial charge is 0.123 e. The Labute approximate surface area is 173 Å². The Morgan fingerprint density at radius 3 is 2.28 bits per heavy atom. The zero-order valence-corrected chi connectivity index (χ0v) is 17.1. The molecule has 29 heavy (non-hydrogen) atoms. The van der Waals surface area contributed by atoms with Crippen LogP contribution in [-0.4, -0.2) is 42.9 Å². The van der Waals surface area contributed by atoms with Crippen LogP contribution in [-0.2, 0) is 10.3 Å². The van der Waals surface area contributed by atoms with Gasteiger partial charge in [-0.2, -0.15) is 0 Å². The minimum absolute atomic E-state index is 0.0737. The lowest BCUT2D eigenvalue weighted by Crippen LogP contribution is -2.48. The van der Waals surface area contributed by atoms with Crippen molar-refractivity contribution in [1.29, 1.82) is 0 Å². The molecular weight excluding hydrogens is 365 g/mol. The third-order valence-corrected chi connectivity index (χ3v) is 6.81. The van der Waals surface area contributed by atoms with E-state index in [1.54, 1.807) is 12.1 Å². The van der Waals surface area contributed by atoms with Gasteiger partial charge in [0.2, 0.25) is 0 Å². The molecule has 2 fully saturated rings. The van der Waals surface area contributed by atoms with Gasteiger partial charge in [0.15, 0.2) is 0 Å². The summed E-state index contributed by atoms with van der Waals surface area (Å²) in [6.07, 6.45) is 5.55. The molecule has 0 unspecified atom stereocenters. The zero-order chi connectivity index (χ0) is 20.1. The van der Waals surface area contributed by atoms with E-state index in [4.69, 9.17) is 4.74 Å². The van der Waals surface area contributed by atoms with E-state index in [0.717, 1.165) is 69.7 Å². The maximum atomic E-state index is 13.7. The summed E-state index contributed by atoms with van der Waals surface area (Å²) in [5.74, 6) is -0.160. The molecule has 0 bridgehead atoms. The van der Waals surface area contributed by atoms with E-state index in [-0.39, 0.29) is 17.7 Å². The highest BCUT2D eigenvalue weighted by atomic mass is 19.1. The van der Waals surface area contributed by atoms with Crippen LogP contribution < -0.4 is 0 Å². The van der Waals surface area contributed by atoms with Crippen molar-refractivity contribution >= 4 is 0 Å². The number of aliphatic hydroxyl groups is 1. The molecule has 2 aromatic rings. The third-order valence-electron chi connectivity index (χ3n) is 6.81. The molecule has 1 N–H and O–H groups in total. The molecule has 0 amide bonds. The zero-order valence-electron chi connectivity index (χ0n) is 17.1. The summed E-state index contributed by atoms with van der Waals surface area (Å²) in [5.41, 5.74) is 0.970. The maximum Gasteiger partial charge on any atom is 0.123 e. The van der Waals surface area contributed by atoms with Gasteiger partial charge in [-0.05, 0) is 42.0 Å². The first-order valence-electron chi connectivity index (χ1n) is 11.0. The van der Waals surface area contributed by atoms with Crippen LogP contribution in [0.2, 0.25) is 0 Å². The molecule has 1 heterocycles. The van der Waals surface area contributed by atoms with Gasteiger partial charge in [0.1, 0.15) is 11.4 Å². The molecule has 1 aliphatic carbocycles. The molecule has 4 heteroatoms. The van der Waals surface area contributed by atoms with E-state index in [2.05, 4.69) is 17.0 Å². The average Bonchev–Trinajstić information content (AvgIpc) is 2.79. The molecule has 0 aromatic heterocycles. The van der Waals surface area contributed by atoms with Gasteiger partial charge >= 0.3 is 0 Å². The summed E-state index contributed by atoms with van der Waals surface area (Å²) in [6, 6.07) is 16.9. The van der Waals surface area contributed by atoms with Crippen molar-refractivity contribution in [2.24, 2.45) is 5.92 Å². The van der Waals surface area contributed by atoms with E-state index in [9.17, 15) is 9.50 Å². The second-order valence-corrected chi connectivity index (χ2v) is 8.54. The average molecular weight is 398 g/mol. The first kappa shape index (κ1) is 20.5. The fourth-order valence-corrected chi connectivity index (χ4v) is 5.21. The first-order chi connectivity index (χ1) is 14.2. The van der Waals surface area contributed by atoms with Gasteiger partial charge < -0.3 is 9.84 Å². The lowest BCUT2D eigenvalue weighted by Gasteiger charge is -2.46. The molecule has 1 saturated carbocycles. The highest BCUT2D eigenvalue weighted by Crippen LogP contribution is 2.48. The molecule has 0 spiro atoms. The topological polar surface area (TPSA) is 32.7 Å². The molecule has 1 saturated heterocycles. The van der Waals surface area contributed by atoms with Crippen LogP contribution in [0.15, 0.2) is 54.6 Å². The number of morpholine rings is 1. The summed E-state index contributed by atoms with van der Waals surface area (Å²) >= 11 is 0. The van der Waals surface area contributed by atoms with Crippen molar-refractivity contribution in [3.8, 4) is 0 Å². The Kier molecular flexibility index (Phi) is 6.63. The van der Waals surface area contributed by atoms with Gasteiger partial charge in [0, 0.05) is 25.6 Å². The van der Waals surface area contributed by atoms with Crippen molar-refractivity contribution < 1.29 is 14.2 Å². The number of hydrogen-bond acceptors (Lipinski definition) is 3. The molecule has 2 aliphatic rings. The van der Waals surface area contributed by atoms with Crippen LogP contribution in [0.25, 0.3) is 0 Å². The predicted octanol–water partition coefficient (Wildman–Crippen LogP) is 4.71. The normalized spacial score (nSPS) is 22.1. The molecule has 4 rings (SSSR count). The van der Waals surface area contributed by atoms with Gasteiger partial charge in [-0.25, -0.2) is 4.39 Å². The second kappa shape index (κ2) is 9.38. The number of hydrogen-bond donors (Lipinski definition) is 1. The molecule has 0 radical (unpaired) electrons. The summed E-state index contributed by atoms with van der Waals surface area (Å²) in [5, 5.41) is 12.5. The number of ether oxygens (including phenoxy) is 1. The van der Waals surface area contributed by atoms with E-state index in [0.29, 0.717) is 0 Å². The Bertz CT molecular complexity index is 754. The van der Waals surface area contributed by atoms with E-state index >= 15 is 0 Å². The lowest BCUT2D eigenvalue weighted by atomic mass is 9.65. The standard InChI is InChI=1S/C25H32FNO2/c26-23-13-11-22(12-14-23)25(28,21-9-5-2-6-10-21)24(20-7-3-1-4-8-20)19-27-15-17-29-18-16-27/h1,3-4,7-8,11-14,21,24,28H,2,5-6,9-10,15-19H2/t24-,25-/m0/s1. The molecule has 2 aromatic carbocycles. The van der Waals surface area contributed by atoms with Crippen molar-refractivity contribution in [1.82, 2.24) is 4.90 Å². The highest BCUT2D eigenvalue weighted by molar-refractivity contribution is 5.33. The summed E-state index contributed by atoms with van der Waals surface area (Å²) in [4.78, 5) is 2.40. The van der Waals surface area contributed by atoms with Crippen molar-refractivity contribution in [3.63, 3.8) is 0 Å². The number of nitrogens with zero attached hydrogens (tertiary/aromatic N) is 1. The fraction of sp³-hybridized carbons (Fsp3) is 0.520. The molecule has 1 aliphatic heterocycles. The largest absolute Gasteiger partial charge is 0.384 e. The van der Waals surface area contributed by atoms with Gasteiger partial charge in [-0.1, -0.05) is 61.7 Å². The van der Waals surface area contributed by atoms with Gasteiger partial charge in [0.25, 0.3) is 0 Å². The molecule has 2 atom stereocenters. The van der Waals surface area contributed by atoms with Crippen LogP contribution in [0, 0.1) is 11.7 Å². The highest BCUT2D eigenvalue weighted by Gasteiger charge is 2.46. The lowest BCUT2D eigenvalue weighted by molar-refractivity contribution is -0.0758. The van der Waals surface area contributed by atoms with Crippen LogP contribution in [0.3, 0.4) is 0 Å². The summed E-state index contributed by atoms with van der Waals surface area (Å²) in [6.45, 7) is 4.01. The monoisotopic (exact) mass is 397 g/mol. The van der Waals surface area contributed by atoms with E-state index in [1.165, 1.54) is 18.6 Å². The van der Waals surface area contributed by atoms with Crippen LogP contribution in [0.5, 0.6) is 0 Å². The first-order valence-corrected chi connectivity index (χ1v) is 11.0. The third kappa shape index (κ3) is 4.55. The Balaban J connectivity index is 1.76. The van der Waals surface area contributed by atoms with Crippen molar-refractivity contribution in [3.05, 3.63) is 71.5 Å². The second-order valence-electron chi connectivity index (χ2n) is 8.54. The minimum atomic E-state index is -1.02. The van der Waals surface area contributed by atoms with Gasteiger partial charge in [-0.15, -0.1) is 0 Å². The number of benzene rings is 2.